The van der Waals surface area contributed by atoms with Crippen molar-refractivity contribution in [3.63, 3.8) is 0 Å². The molecule has 1 unspecified atom stereocenters. The van der Waals surface area contributed by atoms with Gasteiger partial charge in [-0.2, -0.15) is 0 Å². The van der Waals surface area contributed by atoms with Crippen LogP contribution in [-0.4, -0.2) is 36.8 Å². The second kappa shape index (κ2) is 6.35. The lowest BCUT2D eigenvalue weighted by molar-refractivity contribution is 0.0525. The van der Waals surface area contributed by atoms with Gasteiger partial charge in [-0.05, 0) is 32.4 Å². The lowest BCUT2D eigenvalue weighted by atomic mass is 10.1. The maximum absolute atomic E-state index is 11.4. The fourth-order valence-electron chi connectivity index (χ4n) is 1.88. The Morgan fingerprint density at radius 2 is 2.44 bits per heavy atom. The fraction of sp³-hybridized carbons (Fsp3) is 0.538. The minimum atomic E-state index is -0.351. The fourth-order valence-corrected chi connectivity index (χ4v) is 1.88. The van der Waals surface area contributed by atoms with E-state index >= 15 is 0 Å². The Morgan fingerprint density at radius 1 is 1.56 bits per heavy atom. The summed E-state index contributed by atoms with van der Waals surface area (Å²) in [6.45, 7) is 4.04. The van der Waals surface area contributed by atoms with Crippen LogP contribution in [0.2, 0.25) is 0 Å². The Hall–Kier alpha value is -1.62. The predicted octanol–water partition coefficient (Wildman–Crippen LogP) is 1.39. The number of carbonyl (C=O) groups excluding carboxylic acids is 1. The second-order valence-corrected chi connectivity index (χ2v) is 4.19. The van der Waals surface area contributed by atoms with Crippen molar-refractivity contribution in [2.45, 2.75) is 25.9 Å². The van der Waals surface area contributed by atoms with Gasteiger partial charge < -0.3 is 14.8 Å². The zero-order chi connectivity index (χ0) is 12.8. The van der Waals surface area contributed by atoms with Gasteiger partial charge in [0.05, 0.1) is 12.2 Å². The highest BCUT2D eigenvalue weighted by atomic mass is 16.5. The number of nitrogens with zero attached hydrogens (tertiary/aromatic N) is 1. The number of esters is 1. The Labute approximate surface area is 107 Å². The summed E-state index contributed by atoms with van der Waals surface area (Å²) in [6.07, 6.45) is 3.81. The molecule has 0 amide bonds. The molecule has 5 nitrogen and oxygen atoms in total. The van der Waals surface area contributed by atoms with Crippen LogP contribution in [0.4, 0.5) is 0 Å². The molecule has 0 bridgehead atoms. The van der Waals surface area contributed by atoms with Crippen molar-refractivity contribution in [1.29, 1.82) is 0 Å². The molecule has 1 aliphatic heterocycles. The first-order chi connectivity index (χ1) is 8.79. The van der Waals surface area contributed by atoms with Crippen molar-refractivity contribution >= 4 is 5.97 Å². The first-order valence-corrected chi connectivity index (χ1v) is 6.30. The molecule has 0 radical (unpaired) electrons. The Morgan fingerprint density at radius 3 is 3.06 bits per heavy atom. The summed E-state index contributed by atoms with van der Waals surface area (Å²) in [5.74, 6) is 0.202. The van der Waals surface area contributed by atoms with Gasteiger partial charge >= 0.3 is 5.97 Å². The highest BCUT2D eigenvalue weighted by molar-refractivity contribution is 5.89. The van der Waals surface area contributed by atoms with E-state index in [-0.39, 0.29) is 12.1 Å². The van der Waals surface area contributed by atoms with Crippen molar-refractivity contribution in [3.8, 4) is 5.88 Å². The summed E-state index contributed by atoms with van der Waals surface area (Å²) in [5, 5.41) is 3.27. The van der Waals surface area contributed by atoms with Crippen LogP contribution >= 0.6 is 0 Å². The maximum Gasteiger partial charge on any atom is 0.339 e. The molecular weight excluding hydrogens is 232 g/mol. The average Bonchev–Trinajstić information content (AvgIpc) is 2.41. The number of aromatic nitrogens is 1. The number of ether oxygens (including phenoxy) is 2. The van der Waals surface area contributed by atoms with Gasteiger partial charge in [0.25, 0.3) is 0 Å². The van der Waals surface area contributed by atoms with Gasteiger partial charge in [-0.15, -0.1) is 0 Å². The molecule has 1 aromatic heterocycles. The highest BCUT2D eigenvalue weighted by Gasteiger charge is 2.15. The third-order valence-electron chi connectivity index (χ3n) is 2.79. The molecule has 2 heterocycles. The van der Waals surface area contributed by atoms with Crippen molar-refractivity contribution in [1.82, 2.24) is 10.3 Å². The minimum absolute atomic E-state index is 0.166. The number of rotatable bonds is 4. The van der Waals surface area contributed by atoms with E-state index < -0.39 is 0 Å². The van der Waals surface area contributed by atoms with Gasteiger partial charge in [0.15, 0.2) is 0 Å². The summed E-state index contributed by atoms with van der Waals surface area (Å²) >= 11 is 0. The van der Waals surface area contributed by atoms with E-state index in [2.05, 4.69) is 10.3 Å². The molecule has 0 aliphatic carbocycles. The minimum Gasteiger partial charge on any atom is -0.473 e. The third-order valence-corrected chi connectivity index (χ3v) is 2.79. The summed E-state index contributed by atoms with van der Waals surface area (Å²) in [5.41, 5.74) is 0.450. The summed E-state index contributed by atoms with van der Waals surface area (Å²) in [4.78, 5) is 15.6. The van der Waals surface area contributed by atoms with Crippen LogP contribution in [0.15, 0.2) is 18.3 Å². The molecule has 1 aliphatic rings. The molecule has 1 fully saturated rings. The molecule has 98 valence electrons. The van der Waals surface area contributed by atoms with E-state index in [9.17, 15) is 4.79 Å². The number of nitrogens with one attached hydrogen (secondary N) is 1. The molecule has 1 N–H and O–H groups in total. The van der Waals surface area contributed by atoms with Crippen LogP contribution < -0.4 is 10.1 Å². The first kappa shape index (κ1) is 12.8. The Kier molecular flexibility index (Phi) is 4.52. The molecule has 1 saturated heterocycles. The lowest BCUT2D eigenvalue weighted by Crippen LogP contribution is -2.37. The van der Waals surface area contributed by atoms with Gasteiger partial charge in [-0.25, -0.2) is 9.78 Å². The van der Waals surface area contributed by atoms with Gasteiger partial charge in [-0.1, -0.05) is 0 Å². The Bertz CT molecular complexity index is 386. The van der Waals surface area contributed by atoms with E-state index in [4.69, 9.17) is 9.47 Å². The summed E-state index contributed by atoms with van der Waals surface area (Å²) in [7, 11) is 0. The van der Waals surface area contributed by atoms with Crippen LogP contribution in [0.1, 0.15) is 30.1 Å². The van der Waals surface area contributed by atoms with E-state index in [0.717, 1.165) is 25.9 Å². The third kappa shape index (κ3) is 3.43. The normalized spacial score (nSPS) is 19.3. The molecular formula is C13H18N2O3. The van der Waals surface area contributed by atoms with Gasteiger partial charge in [0.1, 0.15) is 6.10 Å². The molecule has 5 heteroatoms. The molecule has 18 heavy (non-hydrogen) atoms. The predicted molar refractivity (Wildman–Crippen MR) is 66.7 cm³/mol. The van der Waals surface area contributed by atoms with Crippen LogP contribution in [0, 0.1) is 0 Å². The number of piperidine rings is 1. The number of hydrogen-bond acceptors (Lipinski definition) is 5. The maximum atomic E-state index is 11.4. The van der Waals surface area contributed by atoms with Gasteiger partial charge in [0.2, 0.25) is 5.88 Å². The zero-order valence-electron chi connectivity index (χ0n) is 10.5. The van der Waals surface area contributed by atoms with Crippen molar-refractivity contribution in [3.05, 3.63) is 23.9 Å². The van der Waals surface area contributed by atoms with Crippen molar-refractivity contribution in [2.24, 2.45) is 0 Å². The SMILES string of the molecule is CCOC(=O)c1ccc(OC2CCCNC2)nc1. The van der Waals surface area contributed by atoms with E-state index in [1.807, 2.05) is 0 Å². The highest BCUT2D eigenvalue weighted by Crippen LogP contribution is 2.13. The molecule has 1 aromatic rings. The largest absolute Gasteiger partial charge is 0.473 e. The topological polar surface area (TPSA) is 60.5 Å². The van der Waals surface area contributed by atoms with E-state index in [0.29, 0.717) is 18.1 Å². The molecule has 1 atom stereocenters. The van der Waals surface area contributed by atoms with Gasteiger partial charge in [0, 0.05) is 18.8 Å². The van der Waals surface area contributed by atoms with Crippen LogP contribution in [-0.2, 0) is 4.74 Å². The van der Waals surface area contributed by atoms with Crippen LogP contribution in [0.25, 0.3) is 0 Å². The number of carbonyl (C=O) groups is 1. The van der Waals surface area contributed by atoms with E-state index in [1.165, 1.54) is 6.20 Å². The Balaban J connectivity index is 1.92. The van der Waals surface area contributed by atoms with Crippen LogP contribution in [0.3, 0.4) is 0 Å². The average molecular weight is 250 g/mol. The van der Waals surface area contributed by atoms with Crippen molar-refractivity contribution < 1.29 is 14.3 Å². The van der Waals surface area contributed by atoms with Gasteiger partial charge in [-0.3, -0.25) is 0 Å². The van der Waals surface area contributed by atoms with Crippen LogP contribution in [0.5, 0.6) is 5.88 Å². The monoisotopic (exact) mass is 250 g/mol. The quantitative estimate of drug-likeness (QED) is 0.818. The molecule has 2 rings (SSSR count). The molecule has 0 saturated carbocycles. The molecule has 0 aromatic carbocycles. The smallest absolute Gasteiger partial charge is 0.339 e. The summed E-state index contributed by atoms with van der Waals surface area (Å²) in [6, 6.07) is 3.39. The molecule has 0 spiro atoms. The lowest BCUT2D eigenvalue weighted by Gasteiger charge is -2.23. The standard InChI is InChI=1S/C13H18N2O3/c1-2-17-13(16)10-5-6-12(15-8-10)18-11-4-3-7-14-9-11/h5-6,8,11,14H,2-4,7,9H2,1H3. The first-order valence-electron chi connectivity index (χ1n) is 6.30. The van der Waals surface area contributed by atoms with Crippen molar-refractivity contribution in [2.75, 3.05) is 19.7 Å². The number of pyridine rings is 1. The van der Waals surface area contributed by atoms with E-state index in [1.54, 1.807) is 19.1 Å². The second-order valence-electron chi connectivity index (χ2n) is 4.19. The zero-order valence-corrected chi connectivity index (χ0v) is 10.5. The number of hydrogen-bond donors (Lipinski definition) is 1. The summed E-state index contributed by atoms with van der Waals surface area (Å²) < 4.78 is 10.6.